The predicted molar refractivity (Wildman–Crippen MR) is 101 cm³/mol. The Labute approximate surface area is 139 Å². The topological polar surface area (TPSA) is 41.3 Å². The van der Waals surface area contributed by atoms with E-state index < -0.39 is 0 Å². The Balaban J connectivity index is 0.000000924. The van der Waals surface area contributed by atoms with E-state index in [2.05, 4.69) is 77.5 Å². The van der Waals surface area contributed by atoms with Gasteiger partial charge in [0, 0.05) is 37.9 Å². The third-order valence-electron chi connectivity index (χ3n) is 4.03. The summed E-state index contributed by atoms with van der Waals surface area (Å²) in [5.41, 5.74) is 11.2. The average molecular weight is 309 g/mol. The summed E-state index contributed by atoms with van der Waals surface area (Å²) in [4.78, 5) is 2.48. The van der Waals surface area contributed by atoms with Crippen molar-refractivity contribution < 1.29 is 0 Å². The average Bonchev–Trinajstić information content (AvgIpc) is 3.06. The van der Waals surface area contributed by atoms with Crippen LogP contribution in [0.15, 0.2) is 54.6 Å². The number of nitrogens with zero attached hydrogens (tertiary/aromatic N) is 1. The number of hydrogen-bond acceptors (Lipinski definition) is 3. The van der Waals surface area contributed by atoms with Gasteiger partial charge >= 0.3 is 0 Å². The lowest BCUT2D eigenvalue weighted by Crippen LogP contribution is -2.20. The van der Waals surface area contributed by atoms with Gasteiger partial charge in [-0.3, -0.25) is 4.90 Å². The maximum atomic E-state index is 4.50. The van der Waals surface area contributed by atoms with E-state index in [1.807, 2.05) is 7.05 Å². The lowest BCUT2D eigenvalue weighted by molar-refractivity contribution is 0.348. The predicted octanol–water partition coefficient (Wildman–Crippen LogP) is 3.51. The lowest BCUT2D eigenvalue weighted by atomic mass is 10.0. The Kier molecular flexibility index (Phi) is 6.39. The highest BCUT2D eigenvalue weighted by molar-refractivity contribution is 5.78. The number of anilines is 1. The van der Waals surface area contributed by atoms with E-state index in [-0.39, 0.29) is 0 Å². The van der Waals surface area contributed by atoms with Crippen molar-refractivity contribution in [2.45, 2.75) is 13.5 Å². The second-order valence-electron chi connectivity index (χ2n) is 5.68. The van der Waals surface area contributed by atoms with Crippen LogP contribution >= 0.6 is 0 Å². The Morgan fingerprint density at radius 1 is 1.09 bits per heavy atom. The van der Waals surface area contributed by atoms with Crippen LogP contribution in [-0.2, 0) is 6.54 Å². The maximum absolute atomic E-state index is 4.50. The van der Waals surface area contributed by atoms with Gasteiger partial charge in [0.05, 0.1) is 0 Å². The molecule has 2 aromatic rings. The van der Waals surface area contributed by atoms with Crippen LogP contribution < -0.4 is 11.1 Å². The minimum atomic E-state index is 1.02. The lowest BCUT2D eigenvalue weighted by Gasteiger charge is -2.17. The first-order valence-corrected chi connectivity index (χ1v) is 8.08. The number of rotatable bonds is 4. The highest BCUT2D eigenvalue weighted by Crippen LogP contribution is 2.29. The summed E-state index contributed by atoms with van der Waals surface area (Å²) >= 11 is 0. The van der Waals surface area contributed by atoms with Crippen LogP contribution in [0, 0.1) is 6.92 Å². The Morgan fingerprint density at radius 2 is 1.83 bits per heavy atom. The van der Waals surface area contributed by atoms with Crippen LogP contribution in [0.3, 0.4) is 0 Å². The highest BCUT2D eigenvalue weighted by Gasteiger charge is 2.17. The Hall–Kier alpha value is -2.10. The monoisotopic (exact) mass is 309 g/mol. The van der Waals surface area contributed by atoms with Gasteiger partial charge in [0.1, 0.15) is 0 Å². The van der Waals surface area contributed by atoms with E-state index in [4.69, 9.17) is 0 Å². The van der Waals surface area contributed by atoms with Crippen LogP contribution in [-0.4, -0.2) is 32.1 Å². The van der Waals surface area contributed by atoms with E-state index >= 15 is 0 Å². The highest BCUT2D eigenvalue weighted by atomic mass is 15.1. The van der Waals surface area contributed by atoms with Gasteiger partial charge in [-0.05, 0) is 37.2 Å². The molecule has 1 aliphatic rings. The van der Waals surface area contributed by atoms with Gasteiger partial charge < -0.3 is 11.1 Å². The third kappa shape index (κ3) is 4.44. The van der Waals surface area contributed by atoms with E-state index in [1.165, 1.54) is 35.0 Å². The molecule has 0 fully saturated rings. The summed E-state index contributed by atoms with van der Waals surface area (Å²) in [7, 11) is 3.49. The molecule has 0 spiro atoms. The molecule has 0 aliphatic carbocycles. The Bertz CT molecular complexity index is 647. The first kappa shape index (κ1) is 17.3. The van der Waals surface area contributed by atoms with Gasteiger partial charge in [-0.15, -0.1) is 0 Å². The fourth-order valence-electron chi connectivity index (χ4n) is 2.91. The van der Waals surface area contributed by atoms with E-state index in [1.54, 1.807) is 0 Å². The maximum Gasteiger partial charge on any atom is 0.0414 e. The van der Waals surface area contributed by atoms with Gasteiger partial charge in [0.2, 0.25) is 0 Å². The molecule has 2 aromatic carbocycles. The summed E-state index contributed by atoms with van der Waals surface area (Å²) < 4.78 is 0. The molecular formula is C20H27N3. The van der Waals surface area contributed by atoms with Crippen molar-refractivity contribution in [3.8, 4) is 0 Å². The molecule has 0 radical (unpaired) electrons. The number of nitrogens with one attached hydrogen (secondary N) is 1. The molecule has 1 heterocycles. The summed E-state index contributed by atoms with van der Waals surface area (Å²) in [5, 5.41) is 3.30. The molecule has 1 aliphatic heterocycles. The van der Waals surface area contributed by atoms with Crippen molar-refractivity contribution >= 4 is 11.3 Å². The Morgan fingerprint density at radius 3 is 2.52 bits per heavy atom. The van der Waals surface area contributed by atoms with Gasteiger partial charge in [0.15, 0.2) is 0 Å². The van der Waals surface area contributed by atoms with Crippen molar-refractivity contribution in [2.75, 3.05) is 32.5 Å². The SMILES string of the molecule is CN.CNc1ccc(C)cc1C1=CCN(Cc2ccccc2)C1. The molecule has 0 amide bonds. The molecule has 0 bridgehead atoms. The summed E-state index contributed by atoms with van der Waals surface area (Å²) in [5.74, 6) is 0. The number of benzene rings is 2. The largest absolute Gasteiger partial charge is 0.388 e. The second kappa shape index (κ2) is 8.51. The molecule has 0 unspecified atom stereocenters. The normalized spacial score (nSPS) is 14.0. The van der Waals surface area contributed by atoms with Crippen LogP contribution in [0.4, 0.5) is 5.69 Å². The number of hydrogen-bond donors (Lipinski definition) is 2. The minimum absolute atomic E-state index is 1.02. The molecule has 0 atom stereocenters. The van der Waals surface area contributed by atoms with Gasteiger partial charge in [-0.2, -0.15) is 0 Å². The molecule has 122 valence electrons. The van der Waals surface area contributed by atoms with Gasteiger partial charge in [0.25, 0.3) is 0 Å². The smallest absolute Gasteiger partial charge is 0.0414 e. The van der Waals surface area contributed by atoms with Crippen molar-refractivity contribution in [1.29, 1.82) is 0 Å². The first-order valence-electron chi connectivity index (χ1n) is 8.08. The van der Waals surface area contributed by atoms with E-state index in [9.17, 15) is 0 Å². The van der Waals surface area contributed by atoms with Crippen molar-refractivity contribution in [2.24, 2.45) is 5.73 Å². The van der Waals surface area contributed by atoms with E-state index in [0.29, 0.717) is 0 Å². The van der Waals surface area contributed by atoms with Gasteiger partial charge in [-0.1, -0.05) is 48.0 Å². The zero-order chi connectivity index (χ0) is 16.7. The fraction of sp³-hybridized carbons (Fsp3) is 0.300. The zero-order valence-electron chi connectivity index (χ0n) is 14.3. The van der Waals surface area contributed by atoms with Crippen molar-refractivity contribution in [3.05, 3.63) is 71.3 Å². The fourth-order valence-corrected chi connectivity index (χ4v) is 2.91. The first-order chi connectivity index (χ1) is 11.3. The van der Waals surface area contributed by atoms with E-state index in [0.717, 1.165) is 19.6 Å². The number of aryl methyl sites for hydroxylation is 1. The molecule has 3 heteroatoms. The molecule has 3 nitrogen and oxygen atoms in total. The molecular weight excluding hydrogens is 282 g/mol. The minimum Gasteiger partial charge on any atom is -0.388 e. The third-order valence-corrected chi connectivity index (χ3v) is 4.03. The second-order valence-corrected chi connectivity index (χ2v) is 5.68. The quantitative estimate of drug-likeness (QED) is 0.908. The zero-order valence-corrected chi connectivity index (χ0v) is 14.3. The summed E-state index contributed by atoms with van der Waals surface area (Å²) in [6, 6.07) is 17.3. The standard InChI is InChI=1S/C19H22N2.CH5N/c1-15-8-9-19(20-2)18(12-15)17-10-11-21(14-17)13-16-6-4-3-5-7-16;1-2/h3-10,12,20H,11,13-14H2,1-2H3;2H2,1H3. The molecule has 0 saturated heterocycles. The van der Waals surface area contributed by atoms with Crippen LogP contribution in [0.5, 0.6) is 0 Å². The van der Waals surface area contributed by atoms with Crippen LogP contribution in [0.1, 0.15) is 16.7 Å². The molecule has 3 rings (SSSR count). The molecule has 23 heavy (non-hydrogen) atoms. The number of nitrogens with two attached hydrogens (primary N) is 1. The summed E-state index contributed by atoms with van der Waals surface area (Å²) in [6.07, 6.45) is 2.36. The molecule has 0 saturated carbocycles. The van der Waals surface area contributed by atoms with Crippen LogP contribution in [0.25, 0.3) is 5.57 Å². The molecule has 0 aromatic heterocycles. The molecule has 3 N–H and O–H groups in total. The van der Waals surface area contributed by atoms with Crippen LogP contribution in [0.2, 0.25) is 0 Å². The van der Waals surface area contributed by atoms with Gasteiger partial charge in [-0.25, -0.2) is 0 Å². The van der Waals surface area contributed by atoms with Crippen molar-refractivity contribution in [1.82, 2.24) is 4.90 Å². The summed E-state index contributed by atoms with van der Waals surface area (Å²) in [6.45, 7) is 5.22. The van der Waals surface area contributed by atoms with Crippen molar-refractivity contribution in [3.63, 3.8) is 0 Å².